The van der Waals surface area contributed by atoms with Gasteiger partial charge in [-0.3, -0.25) is 0 Å². The summed E-state index contributed by atoms with van der Waals surface area (Å²) in [6.45, 7) is 4.86. The molecule has 0 saturated carbocycles. The van der Waals surface area contributed by atoms with Gasteiger partial charge in [0.05, 0.1) is 6.61 Å². The van der Waals surface area contributed by atoms with Crippen molar-refractivity contribution >= 4 is 11.5 Å². The van der Waals surface area contributed by atoms with Gasteiger partial charge >= 0.3 is 6.01 Å². The molecule has 2 atom stereocenters. The van der Waals surface area contributed by atoms with Gasteiger partial charge in [0.1, 0.15) is 11.9 Å². The van der Waals surface area contributed by atoms with Crippen molar-refractivity contribution in [2.45, 2.75) is 45.7 Å². The zero-order valence-corrected chi connectivity index (χ0v) is 15.3. The van der Waals surface area contributed by atoms with Crippen molar-refractivity contribution in [1.29, 1.82) is 0 Å². The second-order valence-corrected chi connectivity index (χ2v) is 7.04. The largest absolute Gasteiger partial charge is 0.462 e. The van der Waals surface area contributed by atoms with Crippen LogP contribution in [0.15, 0.2) is 35.9 Å². The normalized spacial score (nSPS) is 21.4. The SMILES string of the molecule is CCCOc1nnc2c(n1)NC(C1CC=C(C)CC1)Nc1ccccc1-2. The molecule has 0 fully saturated rings. The van der Waals surface area contributed by atoms with Gasteiger partial charge in [-0.05, 0) is 38.7 Å². The number of fused-ring (bicyclic) bond motifs is 3. The van der Waals surface area contributed by atoms with Crippen LogP contribution in [0.2, 0.25) is 0 Å². The summed E-state index contributed by atoms with van der Waals surface area (Å²) in [5.74, 6) is 1.23. The van der Waals surface area contributed by atoms with E-state index in [0.717, 1.165) is 48.4 Å². The molecule has 1 aliphatic heterocycles. The summed E-state index contributed by atoms with van der Waals surface area (Å²) >= 11 is 0. The van der Waals surface area contributed by atoms with Crippen LogP contribution in [0.5, 0.6) is 6.01 Å². The fourth-order valence-corrected chi connectivity index (χ4v) is 3.54. The molecule has 6 heteroatoms. The third-order valence-electron chi connectivity index (χ3n) is 5.04. The minimum Gasteiger partial charge on any atom is -0.462 e. The third-order valence-corrected chi connectivity index (χ3v) is 5.04. The fraction of sp³-hybridized carbons (Fsp3) is 0.450. The molecular weight excluding hydrogens is 326 g/mol. The quantitative estimate of drug-likeness (QED) is 0.803. The molecule has 0 amide bonds. The van der Waals surface area contributed by atoms with Gasteiger partial charge in [-0.1, -0.05) is 41.9 Å². The van der Waals surface area contributed by atoms with Crippen LogP contribution >= 0.6 is 0 Å². The predicted molar refractivity (Wildman–Crippen MR) is 103 cm³/mol. The minimum atomic E-state index is 0.0949. The van der Waals surface area contributed by atoms with E-state index in [0.29, 0.717) is 18.5 Å². The van der Waals surface area contributed by atoms with Crippen LogP contribution in [0.25, 0.3) is 11.3 Å². The Labute approximate surface area is 154 Å². The number of benzene rings is 1. The Kier molecular flexibility index (Phi) is 4.73. The lowest BCUT2D eigenvalue weighted by atomic mass is 9.88. The topological polar surface area (TPSA) is 72.0 Å². The summed E-state index contributed by atoms with van der Waals surface area (Å²) < 4.78 is 5.59. The van der Waals surface area contributed by atoms with Crippen LogP contribution < -0.4 is 15.4 Å². The van der Waals surface area contributed by atoms with Crippen molar-refractivity contribution in [1.82, 2.24) is 15.2 Å². The molecule has 0 bridgehead atoms. The van der Waals surface area contributed by atoms with Crippen molar-refractivity contribution < 1.29 is 4.74 Å². The maximum Gasteiger partial charge on any atom is 0.337 e. The lowest BCUT2D eigenvalue weighted by Crippen LogP contribution is -2.37. The van der Waals surface area contributed by atoms with Gasteiger partial charge in [-0.15, -0.1) is 5.10 Å². The number of allylic oxidation sites excluding steroid dienone is 2. The van der Waals surface area contributed by atoms with Crippen LogP contribution in [0, 0.1) is 5.92 Å². The molecule has 2 unspecified atom stereocenters. The number of hydrogen-bond donors (Lipinski definition) is 2. The number of anilines is 2. The summed E-state index contributed by atoms with van der Waals surface area (Å²) in [6, 6.07) is 8.53. The van der Waals surface area contributed by atoms with E-state index < -0.39 is 0 Å². The first-order chi connectivity index (χ1) is 12.7. The highest BCUT2D eigenvalue weighted by molar-refractivity contribution is 5.83. The van der Waals surface area contributed by atoms with Gasteiger partial charge in [0.25, 0.3) is 0 Å². The number of rotatable bonds is 4. The van der Waals surface area contributed by atoms with E-state index in [1.165, 1.54) is 5.57 Å². The monoisotopic (exact) mass is 351 g/mol. The molecule has 2 N–H and O–H groups in total. The van der Waals surface area contributed by atoms with Crippen molar-refractivity contribution in [2.75, 3.05) is 17.2 Å². The molecule has 1 aromatic heterocycles. The average molecular weight is 351 g/mol. The molecule has 1 aliphatic carbocycles. The Morgan fingerprint density at radius 1 is 1.19 bits per heavy atom. The van der Waals surface area contributed by atoms with Crippen LogP contribution in [0.3, 0.4) is 0 Å². The van der Waals surface area contributed by atoms with Crippen molar-refractivity contribution in [2.24, 2.45) is 5.92 Å². The van der Waals surface area contributed by atoms with Gasteiger partial charge in [-0.25, -0.2) is 0 Å². The number of hydrogen-bond acceptors (Lipinski definition) is 6. The molecule has 4 rings (SSSR count). The Morgan fingerprint density at radius 2 is 2.08 bits per heavy atom. The molecular formula is C20H25N5O. The summed E-state index contributed by atoms with van der Waals surface area (Å²) in [6.07, 6.45) is 6.72. The van der Waals surface area contributed by atoms with E-state index >= 15 is 0 Å². The first kappa shape index (κ1) is 16.8. The number of aromatic nitrogens is 3. The highest BCUT2D eigenvalue weighted by Crippen LogP contribution is 2.37. The predicted octanol–water partition coefficient (Wildman–Crippen LogP) is 4.24. The molecule has 6 nitrogen and oxygen atoms in total. The fourth-order valence-electron chi connectivity index (χ4n) is 3.54. The molecule has 0 radical (unpaired) electrons. The van der Waals surface area contributed by atoms with Crippen LogP contribution in [-0.4, -0.2) is 28.0 Å². The molecule has 136 valence electrons. The molecule has 2 aliphatic rings. The Bertz CT molecular complexity index is 820. The van der Waals surface area contributed by atoms with E-state index in [1.54, 1.807) is 0 Å². The Hall–Kier alpha value is -2.63. The standard InChI is InChI=1S/C20H25N5O/c1-3-12-26-20-23-19-17(24-25-20)15-6-4-5-7-16(15)21-18(22-19)14-10-8-13(2)9-11-14/h4-8,14,18,21H,3,9-12H2,1-2H3,(H,22,23,25). The lowest BCUT2D eigenvalue weighted by molar-refractivity contribution is 0.288. The maximum absolute atomic E-state index is 5.59. The first-order valence-corrected chi connectivity index (χ1v) is 9.40. The number of nitrogens with one attached hydrogen (secondary N) is 2. The van der Waals surface area contributed by atoms with Crippen molar-refractivity contribution in [3.63, 3.8) is 0 Å². The maximum atomic E-state index is 5.59. The van der Waals surface area contributed by atoms with Gasteiger partial charge in [0.2, 0.25) is 0 Å². The zero-order chi connectivity index (χ0) is 17.9. The van der Waals surface area contributed by atoms with E-state index in [9.17, 15) is 0 Å². The van der Waals surface area contributed by atoms with Crippen LogP contribution in [0.1, 0.15) is 39.5 Å². The van der Waals surface area contributed by atoms with E-state index in [1.807, 2.05) is 12.1 Å². The van der Waals surface area contributed by atoms with E-state index in [2.05, 4.69) is 57.9 Å². The molecule has 0 saturated heterocycles. The Balaban J connectivity index is 1.70. The smallest absolute Gasteiger partial charge is 0.337 e. The summed E-state index contributed by atoms with van der Waals surface area (Å²) in [5, 5.41) is 15.8. The highest BCUT2D eigenvalue weighted by atomic mass is 16.5. The zero-order valence-electron chi connectivity index (χ0n) is 15.3. The van der Waals surface area contributed by atoms with Crippen molar-refractivity contribution in [3.05, 3.63) is 35.9 Å². The van der Waals surface area contributed by atoms with Crippen LogP contribution in [0.4, 0.5) is 11.5 Å². The lowest BCUT2D eigenvalue weighted by Gasteiger charge is -2.30. The van der Waals surface area contributed by atoms with Gasteiger partial charge in [0.15, 0.2) is 5.82 Å². The summed E-state index contributed by atoms with van der Waals surface area (Å²) in [5.41, 5.74) is 4.33. The van der Waals surface area contributed by atoms with Crippen molar-refractivity contribution in [3.8, 4) is 17.3 Å². The molecule has 2 aromatic rings. The van der Waals surface area contributed by atoms with E-state index in [-0.39, 0.29) is 6.17 Å². The molecule has 2 heterocycles. The second-order valence-electron chi connectivity index (χ2n) is 7.04. The molecule has 1 aromatic carbocycles. The minimum absolute atomic E-state index is 0.0949. The molecule has 0 spiro atoms. The third kappa shape index (κ3) is 3.36. The average Bonchev–Trinajstić information content (AvgIpc) is 2.83. The Morgan fingerprint density at radius 3 is 2.88 bits per heavy atom. The van der Waals surface area contributed by atoms with E-state index in [4.69, 9.17) is 4.74 Å². The first-order valence-electron chi connectivity index (χ1n) is 9.40. The molecule has 26 heavy (non-hydrogen) atoms. The van der Waals surface area contributed by atoms with Gasteiger partial charge in [-0.2, -0.15) is 4.98 Å². The highest BCUT2D eigenvalue weighted by Gasteiger charge is 2.29. The van der Waals surface area contributed by atoms with Gasteiger partial charge in [0, 0.05) is 17.2 Å². The van der Waals surface area contributed by atoms with Gasteiger partial charge < -0.3 is 15.4 Å². The summed E-state index contributed by atoms with van der Waals surface area (Å²) in [4.78, 5) is 4.61. The number of ether oxygens (including phenoxy) is 1. The summed E-state index contributed by atoms with van der Waals surface area (Å²) in [7, 11) is 0. The van der Waals surface area contributed by atoms with Crippen LogP contribution in [-0.2, 0) is 0 Å². The number of para-hydroxylation sites is 1. The second kappa shape index (κ2) is 7.32. The number of nitrogens with zero attached hydrogens (tertiary/aromatic N) is 3.